The average molecular weight is 398 g/mol. The fourth-order valence-electron chi connectivity index (χ4n) is 3.80. The fourth-order valence-corrected chi connectivity index (χ4v) is 3.80. The van der Waals surface area contributed by atoms with E-state index in [0.717, 1.165) is 45.6 Å². The zero-order valence-corrected chi connectivity index (χ0v) is 21.2. The average Bonchev–Trinajstić information content (AvgIpc) is 2.88. The summed E-state index contributed by atoms with van der Waals surface area (Å²) in [4.78, 5) is 15.3. The van der Waals surface area contributed by atoms with Gasteiger partial charge in [-0.15, -0.1) is 0 Å². The summed E-state index contributed by atoms with van der Waals surface area (Å²) >= 11 is 0. The summed E-state index contributed by atoms with van der Waals surface area (Å²) in [7, 11) is 0. The van der Waals surface area contributed by atoms with Crippen molar-refractivity contribution >= 4 is 5.97 Å². The van der Waals surface area contributed by atoms with E-state index >= 15 is 0 Å². The van der Waals surface area contributed by atoms with Gasteiger partial charge in [0.2, 0.25) is 0 Å². The molecule has 1 heterocycles. The summed E-state index contributed by atoms with van der Waals surface area (Å²) in [6.07, 6.45) is 2.07. The molecule has 2 aromatic carbocycles. The zero-order valence-electron chi connectivity index (χ0n) is 18.2. The van der Waals surface area contributed by atoms with Gasteiger partial charge < -0.3 is 16.2 Å². The van der Waals surface area contributed by atoms with E-state index in [4.69, 9.17) is 0 Å². The minimum Gasteiger partial charge on any atom is -1.00 e. The van der Waals surface area contributed by atoms with Crippen LogP contribution < -0.4 is 64.2 Å². The second-order valence-electron chi connectivity index (χ2n) is 7.01. The standard InChI is InChI=1S/C22H28N2O2.2Na.H/c25-22(26)18-24-14-7-13-23(16-17-24)15-12-21(19-8-3-1-4-9-19)20-10-5-2-6-11-20;;;/h1-6,8-11,21H,7,12-18H2,(H,25,26);;;/q;2*+1;-1/p-1. The molecule has 1 saturated heterocycles. The van der Waals surface area contributed by atoms with Gasteiger partial charge >= 0.3 is 59.1 Å². The van der Waals surface area contributed by atoms with E-state index in [9.17, 15) is 9.90 Å². The Labute approximate surface area is 214 Å². The van der Waals surface area contributed by atoms with Crippen molar-refractivity contribution in [1.29, 1.82) is 0 Å². The first kappa shape index (κ1) is 25.9. The Morgan fingerprint density at radius 2 is 1.36 bits per heavy atom. The van der Waals surface area contributed by atoms with Gasteiger partial charge in [0.1, 0.15) is 0 Å². The Balaban J connectivity index is 0.00000261. The van der Waals surface area contributed by atoms with Crippen LogP contribution in [0.2, 0.25) is 0 Å². The number of carbonyl (C=O) groups is 1. The maximum atomic E-state index is 10.8. The van der Waals surface area contributed by atoms with E-state index < -0.39 is 5.97 Å². The van der Waals surface area contributed by atoms with Crippen LogP contribution in [0.1, 0.15) is 31.3 Å². The maximum Gasteiger partial charge on any atom is 1.00 e. The number of benzene rings is 2. The van der Waals surface area contributed by atoms with Crippen molar-refractivity contribution in [3.8, 4) is 0 Å². The van der Waals surface area contributed by atoms with Gasteiger partial charge in [0.05, 0.1) is 5.97 Å². The van der Waals surface area contributed by atoms with Crippen LogP contribution in [-0.4, -0.2) is 55.0 Å². The Hall–Kier alpha value is -0.170. The van der Waals surface area contributed by atoms with Crippen LogP contribution in [0.5, 0.6) is 0 Å². The van der Waals surface area contributed by atoms with Crippen LogP contribution in [-0.2, 0) is 4.79 Å². The third-order valence-electron chi connectivity index (χ3n) is 5.17. The van der Waals surface area contributed by atoms with Crippen molar-refractivity contribution in [3.63, 3.8) is 0 Å². The Bertz CT molecular complexity index is 652. The normalized spacial score (nSPS) is 15.3. The molecule has 0 spiro atoms. The topological polar surface area (TPSA) is 46.6 Å². The predicted molar refractivity (Wildman–Crippen MR) is 103 cm³/mol. The van der Waals surface area contributed by atoms with Crippen LogP contribution in [0.3, 0.4) is 0 Å². The molecule has 2 aromatic rings. The molecule has 0 unspecified atom stereocenters. The van der Waals surface area contributed by atoms with Crippen LogP contribution >= 0.6 is 0 Å². The van der Waals surface area contributed by atoms with Gasteiger partial charge in [0.25, 0.3) is 0 Å². The molecule has 0 aromatic heterocycles. The number of hydrogen-bond donors (Lipinski definition) is 0. The molecule has 140 valence electrons. The number of aliphatic carboxylic acids is 1. The second-order valence-corrected chi connectivity index (χ2v) is 7.01. The largest absolute Gasteiger partial charge is 1.00 e. The van der Waals surface area contributed by atoms with Gasteiger partial charge in [-0.2, -0.15) is 0 Å². The minimum absolute atomic E-state index is 0. The zero-order chi connectivity index (χ0) is 18.2. The van der Waals surface area contributed by atoms with E-state index in [2.05, 4.69) is 65.6 Å². The Morgan fingerprint density at radius 3 is 1.89 bits per heavy atom. The van der Waals surface area contributed by atoms with Gasteiger partial charge in [0, 0.05) is 25.6 Å². The van der Waals surface area contributed by atoms with Gasteiger partial charge in [-0.1, -0.05) is 60.7 Å². The van der Waals surface area contributed by atoms with Gasteiger partial charge in [-0.3, -0.25) is 4.90 Å². The number of hydrogen-bond acceptors (Lipinski definition) is 4. The number of carbonyl (C=O) groups excluding carboxylic acids is 1. The Kier molecular flexibility index (Phi) is 12.9. The number of carboxylic acids is 1. The SMILES string of the molecule is O=C([O-])CN1CCCN(CCC(c2ccccc2)c2ccccc2)CC1.[H-].[Na+].[Na+]. The summed E-state index contributed by atoms with van der Waals surface area (Å²) in [5.74, 6) is -0.591. The van der Waals surface area contributed by atoms with Crippen molar-refractivity contribution in [2.75, 3.05) is 39.3 Å². The molecule has 6 heteroatoms. The summed E-state index contributed by atoms with van der Waals surface area (Å²) in [6.45, 7) is 4.65. The summed E-state index contributed by atoms with van der Waals surface area (Å²) in [5, 5.41) is 10.8. The molecule has 0 N–H and O–H groups in total. The molecule has 0 amide bonds. The maximum absolute atomic E-state index is 10.8. The minimum atomic E-state index is -0.980. The summed E-state index contributed by atoms with van der Waals surface area (Å²) in [6, 6.07) is 21.4. The van der Waals surface area contributed by atoms with Crippen molar-refractivity contribution in [1.82, 2.24) is 9.80 Å². The molecular formula is C22H28N2Na2O2. The molecule has 0 saturated carbocycles. The monoisotopic (exact) mass is 398 g/mol. The molecule has 0 aliphatic carbocycles. The second kappa shape index (κ2) is 13.9. The molecule has 28 heavy (non-hydrogen) atoms. The van der Waals surface area contributed by atoms with Crippen LogP contribution in [0, 0.1) is 0 Å². The third kappa shape index (κ3) is 8.29. The predicted octanol–water partition coefficient (Wildman–Crippen LogP) is -3.91. The molecule has 1 aliphatic rings. The molecular weight excluding hydrogens is 370 g/mol. The van der Waals surface area contributed by atoms with E-state index in [0.29, 0.717) is 5.92 Å². The van der Waals surface area contributed by atoms with Crippen molar-refractivity contribution in [3.05, 3.63) is 71.8 Å². The first-order valence-corrected chi connectivity index (χ1v) is 9.47. The van der Waals surface area contributed by atoms with Gasteiger partial charge in [-0.05, 0) is 43.6 Å². The fraction of sp³-hybridized carbons (Fsp3) is 0.409. The van der Waals surface area contributed by atoms with E-state index in [1.807, 2.05) is 4.90 Å². The van der Waals surface area contributed by atoms with Crippen molar-refractivity contribution in [2.45, 2.75) is 18.8 Å². The summed E-state index contributed by atoms with van der Waals surface area (Å²) in [5.41, 5.74) is 2.71. The first-order valence-electron chi connectivity index (χ1n) is 9.47. The van der Waals surface area contributed by atoms with Gasteiger partial charge in [0.15, 0.2) is 0 Å². The summed E-state index contributed by atoms with van der Waals surface area (Å²) < 4.78 is 0. The molecule has 1 aliphatic heterocycles. The first-order chi connectivity index (χ1) is 12.7. The van der Waals surface area contributed by atoms with Crippen molar-refractivity contribution in [2.24, 2.45) is 0 Å². The quantitative estimate of drug-likeness (QED) is 0.448. The van der Waals surface area contributed by atoms with E-state index in [1.54, 1.807) is 0 Å². The number of nitrogens with zero attached hydrogens (tertiary/aromatic N) is 2. The van der Waals surface area contributed by atoms with Crippen LogP contribution in [0.4, 0.5) is 0 Å². The molecule has 3 rings (SSSR count). The van der Waals surface area contributed by atoms with Crippen LogP contribution in [0.15, 0.2) is 60.7 Å². The van der Waals surface area contributed by atoms with E-state index in [1.165, 1.54) is 11.1 Å². The number of carboxylic acid groups (broad SMARTS) is 1. The molecule has 0 radical (unpaired) electrons. The Morgan fingerprint density at radius 1 is 0.857 bits per heavy atom. The molecule has 4 nitrogen and oxygen atoms in total. The number of rotatable bonds is 7. The molecule has 1 fully saturated rings. The van der Waals surface area contributed by atoms with Crippen LogP contribution in [0.25, 0.3) is 0 Å². The van der Waals surface area contributed by atoms with E-state index in [-0.39, 0.29) is 67.1 Å². The van der Waals surface area contributed by atoms with Gasteiger partial charge in [-0.25, -0.2) is 0 Å². The smallest absolute Gasteiger partial charge is 1.00 e. The molecule has 0 atom stereocenters. The molecule has 0 bridgehead atoms. The third-order valence-corrected chi connectivity index (χ3v) is 5.17. The van der Waals surface area contributed by atoms with Crippen molar-refractivity contribution < 1.29 is 70.4 Å².